The lowest BCUT2D eigenvalue weighted by atomic mass is 10.0. The first kappa shape index (κ1) is 12.9. The van der Waals surface area contributed by atoms with Crippen LogP contribution in [0.2, 0.25) is 0 Å². The minimum absolute atomic E-state index is 0.403. The Bertz CT molecular complexity index is 340. The topological polar surface area (TPSA) is 26.0 Å². The van der Waals surface area contributed by atoms with Gasteiger partial charge in [-0.15, -0.1) is 0 Å². The van der Waals surface area contributed by atoms with Crippen molar-refractivity contribution < 1.29 is 22.0 Å². The smallest absolute Gasteiger partial charge is 0.327 e. The van der Waals surface area contributed by atoms with Gasteiger partial charge in [-0.25, -0.2) is 8.78 Å². The molecule has 16 heavy (non-hydrogen) atoms. The molecule has 0 amide bonds. The van der Waals surface area contributed by atoms with E-state index in [1.54, 1.807) is 0 Å². The molecule has 1 aromatic carbocycles. The summed E-state index contributed by atoms with van der Waals surface area (Å²) in [6.45, 7) is 0. The van der Waals surface area contributed by atoms with E-state index in [4.69, 9.17) is 5.73 Å². The van der Waals surface area contributed by atoms with Gasteiger partial charge in [0, 0.05) is 11.6 Å². The molecule has 90 valence electrons. The first-order chi connectivity index (χ1) is 7.29. The van der Waals surface area contributed by atoms with Crippen molar-refractivity contribution in [3.63, 3.8) is 0 Å². The van der Waals surface area contributed by atoms with E-state index in [-0.39, 0.29) is 0 Å². The summed E-state index contributed by atoms with van der Waals surface area (Å²) in [5, 5.41) is 0. The van der Waals surface area contributed by atoms with Crippen molar-refractivity contribution in [3.8, 4) is 0 Å². The van der Waals surface area contributed by atoms with Crippen LogP contribution in [0.1, 0.15) is 12.0 Å². The Morgan fingerprint density at radius 1 is 1.12 bits per heavy atom. The molecule has 1 nitrogen and oxygen atoms in total. The van der Waals surface area contributed by atoms with Crippen LogP contribution < -0.4 is 5.73 Å². The van der Waals surface area contributed by atoms with Crippen molar-refractivity contribution in [2.24, 2.45) is 5.73 Å². The van der Waals surface area contributed by atoms with Gasteiger partial charge in [0.05, 0.1) is 6.42 Å². The lowest BCUT2D eigenvalue weighted by Crippen LogP contribution is -2.30. The molecule has 0 aromatic heterocycles. The van der Waals surface area contributed by atoms with E-state index >= 15 is 0 Å². The van der Waals surface area contributed by atoms with Crippen molar-refractivity contribution in [1.82, 2.24) is 0 Å². The van der Waals surface area contributed by atoms with Gasteiger partial charge < -0.3 is 5.73 Å². The third kappa shape index (κ3) is 3.77. The molecule has 0 aliphatic carbocycles. The molecule has 0 aliphatic heterocycles. The van der Waals surface area contributed by atoms with Gasteiger partial charge in [-0.05, 0) is 18.6 Å². The van der Waals surface area contributed by atoms with Crippen LogP contribution in [-0.2, 0) is 6.42 Å². The average Bonchev–Trinajstić information content (AvgIpc) is 2.08. The van der Waals surface area contributed by atoms with Gasteiger partial charge in [-0.1, -0.05) is 6.07 Å². The van der Waals surface area contributed by atoms with E-state index in [1.807, 2.05) is 0 Å². The summed E-state index contributed by atoms with van der Waals surface area (Å²) < 4.78 is 62.0. The quantitative estimate of drug-likeness (QED) is 0.806. The fourth-order valence-corrected chi connectivity index (χ4v) is 1.36. The number of nitrogens with two attached hydrogens (primary N) is 1. The second-order valence-electron chi connectivity index (χ2n) is 3.48. The Balaban J connectivity index is 2.73. The number of benzene rings is 1. The van der Waals surface area contributed by atoms with Crippen molar-refractivity contribution in [2.75, 3.05) is 0 Å². The minimum Gasteiger partial charge on any atom is -0.327 e. The molecule has 0 aliphatic rings. The second kappa shape index (κ2) is 4.78. The molecule has 0 saturated carbocycles. The highest BCUT2D eigenvalue weighted by Gasteiger charge is 2.30. The number of hydrogen-bond donors (Lipinski definition) is 1. The van der Waals surface area contributed by atoms with Crippen LogP contribution in [0.5, 0.6) is 0 Å². The van der Waals surface area contributed by atoms with E-state index in [0.717, 1.165) is 18.2 Å². The Morgan fingerprint density at radius 3 is 2.06 bits per heavy atom. The molecule has 1 rings (SSSR count). The molecular weight excluding hydrogens is 229 g/mol. The molecular formula is C10H10F5N. The van der Waals surface area contributed by atoms with Crippen molar-refractivity contribution in [1.29, 1.82) is 0 Å². The molecule has 1 atom stereocenters. The maximum atomic E-state index is 13.1. The summed E-state index contributed by atoms with van der Waals surface area (Å²) in [7, 11) is 0. The molecule has 0 radical (unpaired) electrons. The Hall–Kier alpha value is -1.17. The maximum Gasteiger partial charge on any atom is 0.390 e. The summed E-state index contributed by atoms with van der Waals surface area (Å²) in [6.07, 6.45) is -6.17. The monoisotopic (exact) mass is 239 g/mol. The van der Waals surface area contributed by atoms with Crippen molar-refractivity contribution in [2.45, 2.75) is 25.1 Å². The summed E-state index contributed by atoms with van der Waals surface area (Å²) in [5.41, 5.74) is 4.77. The first-order valence-corrected chi connectivity index (χ1v) is 4.55. The van der Waals surface area contributed by atoms with Gasteiger partial charge in [0.15, 0.2) is 0 Å². The van der Waals surface area contributed by atoms with Crippen molar-refractivity contribution >= 4 is 0 Å². The normalized spacial score (nSPS) is 13.9. The van der Waals surface area contributed by atoms with Gasteiger partial charge in [-0.2, -0.15) is 13.2 Å². The van der Waals surface area contributed by atoms with Gasteiger partial charge in [0.1, 0.15) is 11.6 Å². The zero-order valence-corrected chi connectivity index (χ0v) is 8.19. The zero-order chi connectivity index (χ0) is 12.3. The fraction of sp³-hybridized carbons (Fsp3) is 0.400. The number of rotatable bonds is 3. The standard InChI is InChI=1S/C10H10F5N/c11-8-2-1-3-9(12)7(8)4-6(16)5-10(13,14)15/h1-3,6H,4-5,16H2. The first-order valence-electron chi connectivity index (χ1n) is 4.55. The predicted octanol–water partition coefficient (Wildman–Crippen LogP) is 2.79. The summed E-state index contributed by atoms with van der Waals surface area (Å²) in [5.74, 6) is -1.75. The third-order valence-electron chi connectivity index (χ3n) is 2.02. The van der Waals surface area contributed by atoms with Crippen LogP contribution in [0, 0.1) is 11.6 Å². The molecule has 0 saturated heterocycles. The van der Waals surface area contributed by atoms with Crippen LogP contribution >= 0.6 is 0 Å². The molecule has 0 heterocycles. The molecule has 1 unspecified atom stereocenters. The Labute approximate surface area is 89.1 Å². The fourth-order valence-electron chi connectivity index (χ4n) is 1.36. The van der Waals surface area contributed by atoms with Crippen LogP contribution in [-0.4, -0.2) is 12.2 Å². The van der Waals surface area contributed by atoms with Gasteiger partial charge in [-0.3, -0.25) is 0 Å². The Kier molecular flexibility index (Phi) is 3.85. The third-order valence-corrected chi connectivity index (χ3v) is 2.02. The molecule has 0 fully saturated rings. The molecule has 1 aromatic rings. The van der Waals surface area contributed by atoms with Crippen LogP contribution in [0.25, 0.3) is 0 Å². The largest absolute Gasteiger partial charge is 0.390 e. The van der Waals surface area contributed by atoms with E-state index in [0.29, 0.717) is 0 Å². The summed E-state index contributed by atoms with van der Waals surface area (Å²) in [4.78, 5) is 0. The average molecular weight is 239 g/mol. The van der Waals surface area contributed by atoms with E-state index < -0.39 is 42.3 Å². The number of alkyl halides is 3. The number of halogens is 5. The zero-order valence-electron chi connectivity index (χ0n) is 8.19. The van der Waals surface area contributed by atoms with E-state index in [2.05, 4.69) is 0 Å². The van der Waals surface area contributed by atoms with Crippen LogP contribution in [0.15, 0.2) is 18.2 Å². The van der Waals surface area contributed by atoms with Crippen LogP contribution in [0.3, 0.4) is 0 Å². The molecule has 0 spiro atoms. The number of hydrogen-bond acceptors (Lipinski definition) is 1. The highest BCUT2D eigenvalue weighted by molar-refractivity contribution is 5.20. The van der Waals surface area contributed by atoms with E-state index in [9.17, 15) is 22.0 Å². The molecule has 0 bridgehead atoms. The minimum atomic E-state index is -4.43. The van der Waals surface area contributed by atoms with Crippen LogP contribution in [0.4, 0.5) is 22.0 Å². The lowest BCUT2D eigenvalue weighted by Gasteiger charge is -2.14. The SMILES string of the molecule is NC(Cc1c(F)cccc1F)CC(F)(F)F. The lowest BCUT2D eigenvalue weighted by molar-refractivity contribution is -0.138. The second-order valence-corrected chi connectivity index (χ2v) is 3.48. The van der Waals surface area contributed by atoms with Gasteiger partial charge >= 0.3 is 6.18 Å². The Morgan fingerprint density at radius 2 is 1.62 bits per heavy atom. The highest BCUT2D eigenvalue weighted by atomic mass is 19.4. The van der Waals surface area contributed by atoms with Gasteiger partial charge in [0.2, 0.25) is 0 Å². The molecule has 2 N–H and O–H groups in total. The van der Waals surface area contributed by atoms with E-state index in [1.165, 1.54) is 0 Å². The maximum absolute atomic E-state index is 13.1. The van der Waals surface area contributed by atoms with Crippen molar-refractivity contribution in [3.05, 3.63) is 35.4 Å². The van der Waals surface area contributed by atoms with Gasteiger partial charge in [0.25, 0.3) is 0 Å². The summed E-state index contributed by atoms with van der Waals surface area (Å²) >= 11 is 0. The highest BCUT2D eigenvalue weighted by Crippen LogP contribution is 2.23. The summed E-state index contributed by atoms with van der Waals surface area (Å²) in [6, 6.07) is 1.77. The molecule has 6 heteroatoms. The predicted molar refractivity (Wildman–Crippen MR) is 48.7 cm³/mol.